The van der Waals surface area contributed by atoms with Crippen LogP contribution in [0.5, 0.6) is 5.75 Å². The van der Waals surface area contributed by atoms with Crippen LogP contribution in [0.4, 0.5) is 5.69 Å². The number of nitrogens with one attached hydrogen (secondary N) is 1. The first-order chi connectivity index (χ1) is 14.1. The molecule has 7 nitrogen and oxygen atoms in total. The second-order valence-corrected chi connectivity index (χ2v) is 6.82. The summed E-state index contributed by atoms with van der Waals surface area (Å²) in [5.41, 5.74) is 1.91. The quantitative estimate of drug-likeness (QED) is 0.547. The largest absolute Gasteiger partial charge is 0.497 e. The van der Waals surface area contributed by atoms with Crippen LogP contribution < -0.4 is 15.6 Å². The van der Waals surface area contributed by atoms with Crippen molar-refractivity contribution in [1.29, 1.82) is 0 Å². The van der Waals surface area contributed by atoms with Crippen LogP contribution in [0.1, 0.15) is 13.3 Å². The van der Waals surface area contributed by atoms with Gasteiger partial charge in [0.25, 0.3) is 5.56 Å². The predicted molar refractivity (Wildman–Crippen MR) is 113 cm³/mol. The lowest BCUT2D eigenvalue weighted by atomic mass is 10.2. The van der Waals surface area contributed by atoms with Crippen LogP contribution in [-0.2, 0) is 17.9 Å². The van der Waals surface area contributed by atoms with Crippen molar-refractivity contribution >= 4 is 33.4 Å². The molecule has 2 aromatic carbocycles. The molecule has 2 heterocycles. The lowest BCUT2D eigenvalue weighted by Crippen LogP contribution is -2.30. The molecule has 0 aliphatic heterocycles. The first-order valence-electron chi connectivity index (χ1n) is 9.53. The van der Waals surface area contributed by atoms with Crippen molar-refractivity contribution in [2.45, 2.75) is 26.4 Å². The molecule has 0 atom stereocenters. The molecule has 4 rings (SSSR count). The first-order valence-corrected chi connectivity index (χ1v) is 9.53. The molecule has 0 unspecified atom stereocenters. The number of anilines is 1. The smallest absolute Gasteiger partial charge is 0.291 e. The molecule has 4 aromatic rings. The molecule has 0 saturated carbocycles. The maximum absolute atomic E-state index is 13.2. The van der Waals surface area contributed by atoms with Crippen LogP contribution in [0.25, 0.3) is 21.8 Å². The Hall–Kier alpha value is -3.61. The van der Waals surface area contributed by atoms with Gasteiger partial charge in [0, 0.05) is 34.6 Å². The number of aromatic nitrogens is 3. The third-order valence-electron chi connectivity index (χ3n) is 4.87. The molecule has 29 heavy (non-hydrogen) atoms. The van der Waals surface area contributed by atoms with E-state index < -0.39 is 0 Å². The van der Waals surface area contributed by atoms with Gasteiger partial charge in [0.2, 0.25) is 5.91 Å². The van der Waals surface area contributed by atoms with Gasteiger partial charge in [-0.05, 0) is 24.6 Å². The molecule has 0 spiro atoms. The van der Waals surface area contributed by atoms with Crippen LogP contribution >= 0.6 is 0 Å². The van der Waals surface area contributed by atoms with Crippen molar-refractivity contribution in [3.63, 3.8) is 0 Å². The lowest BCUT2D eigenvalue weighted by Gasteiger charge is -2.09. The highest BCUT2D eigenvalue weighted by molar-refractivity contribution is 6.07. The number of amides is 1. The fraction of sp³-hybridized carbons (Fsp3) is 0.227. The molecular formula is C22H22N4O3. The van der Waals surface area contributed by atoms with Crippen molar-refractivity contribution in [2.75, 3.05) is 12.4 Å². The number of para-hydroxylation sites is 1. The van der Waals surface area contributed by atoms with E-state index in [1.807, 2.05) is 28.8 Å². The highest BCUT2D eigenvalue weighted by Gasteiger charge is 2.16. The number of ether oxygens (including phenoxy) is 1. The third-order valence-corrected chi connectivity index (χ3v) is 4.87. The zero-order valence-electron chi connectivity index (χ0n) is 16.4. The van der Waals surface area contributed by atoms with Gasteiger partial charge in [0.05, 0.1) is 13.3 Å². The summed E-state index contributed by atoms with van der Waals surface area (Å²) < 4.78 is 8.40. The van der Waals surface area contributed by atoms with Crippen molar-refractivity contribution in [1.82, 2.24) is 14.3 Å². The van der Waals surface area contributed by atoms with E-state index in [0.717, 1.165) is 29.3 Å². The van der Waals surface area contributed by atoms with Crippen molar-refractivity contribution < 1.29 is 9.53 Å². The van der Waals surface area contributed by atoms with Crippen LogP contribution in [-0.4, -0.2) is 27.4 Å². The second kappa shape index (κ2) is 7.79. The highest BCUT2D eigenvalue weighted by atomic mass is 16.5. The summed E-state index contributed by atoms with van der Waals surface area (Å²) in [4.78, 5) is 25.7. The molecule has 0 aliphatic rings. The maximum atomic E-state index is 13.2. The fourth-order valence-corrected chi connectivity index (χ4v) is 3.60. The fourth-order valence-electron chi connectivity index (χ4n) is 3.60. The molecule has 0 radical (unpaired) electrons. The number of nitrogens with zero attached hydrogens (tertiary/aromatic N) is 3. The molecule has 1 amide bonds. The number of aryl methyl sites for hydroxylation is 1. The highest BCUT2D eigenvalue weighted by Crippen LogP contribution is 2.26. The Labute approximate surface area is 167 Å². The molecular weight excluding hydrogens is 368 g/mol. The van der Waals surface area contributed by atoms with Crippen LogP contribution in [0, 0.1) is 0 Å². The first kappa shape index (κ1) is 18.7. The van der Waals surface area contributed by atoms with Gasteiger partial charge in [-0.15, -0.1) is 0 Å². The van der Waals surface area contributed by atoms with E-state index in [-0.39, 0.29) is 18.0 Å². The maximum Gasteiger partial charge on any atom is 0.291 e. The van der Waals surface area contributed by atoms with Gasteiger partial charge < -0.3 is 14.6 Å². The lowest BCUT2D eigenvalue weighted by molar-refractivity contribution is -0.117. The van der Waals surface area contributed by atoms with Gasteiger partial charge in [-0.2, -0.15) is 5.10 Å². The number of rotatable bonds is 6. The van der Waals surface area contributed by atoms with E-state index in [1.54, 1.807) is 37.6 Å². The van der Waals surface area contributed by atoms with Gasteiger partial charge in [-0.1, -0.05) is 31.2 Å². The van der Waals surface area contributed by atoms with Crippen LogP contribution in [0.15, 0.2) is 59.5 Å². The van der Waals surface area contributed by atoms with Gasteiger partial charge >= 0.3 is 0 Å². The zero-order valence-corrected chi connectivity index (χ0v) is 16.4. The molecule has 0 saturated heterocycles. The predicted octanol–water partition coefficient (Wildman–Crippen LogP) is 3.41. The van der Waals surface area contributed by atoms with Crippen molar-refractivity contribution in [2.24, 2.45) is 0 Å². The topological polar surface area (TPSA) is 78.2 Å². The van der Waals surface area contributed by atoms with Gasteiger partial charge in [-0.3, -0.25) is 9.59 Å². The van der Waals surface area contributed by atoms with E-state index in [9.17, 15) is 9.59 Å². The normalized spacial score (nSPS) is 11.1. The van der Waals surface area contributed by atoms with Gasteiger partial charge in [0.1, 0.15) is 17.8 Å². The summed E-state index contributed by atoms with van der Waals surface area (Å²) in [6.07, 6.45) is 2.57. The number of fused-ring (bicyclic) bond motifs is 3. The number of hydrogen-bond acceptors (Lipinski definition) is 4. The Morgan fingerprint density at radius 2 is 1.97 bits per heavy atom. The molecule has 7 heteroatoms. The summed E-state index contributed by atoms with van der Waals surface area (Å²) in [6, 6.07) is 15.0. The van der Waals surface area contributed by atoms with E-state index in [0.29, 0.717) is 17.0 Å². The summed E-state index contributed by atoms with van der Waals surface area (Å²) >= 11 is 0. The van der Waals surface area contributed by atoms with E-state index >= 15 is 0 Å². The standard InChI is InChI=1S/C22H22N4O3/c1-3-11-25-19-10-5-4-9-17(19)18-13-23-26(22(28)21(18)25)14-20(27)24-15-7-6-8-16(12-15)29-2/h4-10,12-13H,3,11,14H2,1-2H3,(H,24,27). The molecule has 1 N–H and O–H groups in total. The Balaban J connectivity index is 1.70. The Morgan fingerprint density at radius 1 is 1.14 bits per heavy atom. The van der Waals surface area contributed by atoms with E-state index in [4.69, 9.17) is 4.74 Å². The Morgan fingerprint density at radius 3 is 2.76 bits per heavy atom. The number of hydrogen-bond donors (Lipinski definition) is 1. The third kappa shape index (κ3) is 3.47. The SMILES string of the molecule is CCCn1c2ccccc2c2cnn(CC(=O)Nc3cccc(OC)c3)c(=O)c21. The summed E-state index contributed by atoms with van der Waals surface area (Å²) in [5.74, 6) is 0.314. The van der Waals surface area contributed by atoms with Crippen LogP contribution in [0.3, 0.4) is 0 Å². The zero-order chi connectivity index (χ0) is 20.4. The Bertz CT molecular complexity index is 1260. The number of benzene rings is 2. The molecule has 0 fully saturated rings. The van der Waals surface area contributed by atoms with Crippen molar-refractivity contribution in [3.8, 4) is 5.75 Å². The van der Waals surface area contributed by atoms with E-state index in [2.05, 4.69) is 17.3 Å². The average Bonchev–Trinajstić information content (AvgIpc) is 3.05. The minimum atomic E-state index is -0.328. The van der Waals surface area contributed by atoms with Crippen LogP contribution in [0.2, 0.25) is 0 Å². The summed E-state index contributed by atoms with van der Waals surface area (Å²) in [5, 5.41) is 8.83. The Kier molecular flexibility index (Phi) is 5.03. The molecule has 148 valence electrons. The molecule has 0 aliphatic carbocycles. The van der Waals surface area contributed by atoms with Crippen molar-refractivity contribution in [3.05, 3.63) is 65.1 Å². The van der Waals surface area contributed by atoms with E-state index in [1.165, 1.54) is 4.68 Å². The summed E-state index contributed by atoms with van der Waals surface area (Å²) in [7, 11) is 1.56. The monoisotopic (exact) mass is 390 g/mol. The average molecular weight is 390 g/mol. The van der Waals surface area contributed by atoms with Gasteiger partial charge in [0.15, 0.2) is 0 Å². The second-order valence-electron chi connectivity index (χ2n) is 6.82. The minimum Gasteiger partial charge on any atom is -0.497 e. The molecule has 0 bridgehead atoms. The minimum absolute atomic E-state index is 0.167. The number of methoxy groups -OCH3 is 1. The molecule has 2 aromatic heterocycles. The van der Waals surface area contributed by atoms with Gasteiger partial charge in [-0.25, -0.2) is 4.68 Å². The summed E-state index contributed by atoms with van der Waals surface area (Å²) in [6.45, 7) is 2.63. The number of carbonyl (C=O) groups is 1. The number of carbonyl (C=O) groups excluding carboxylic acids is 1.